The number of ether oxygens (including phenoxy) is 2. The molecule has 0 aliphatic carbocycles. The van der Waals surface area contributed by atoms with Gasteiger partial charge in [0.25, 0.3) is 0 Å². The molecule has 112 valence electrons. The molecular weight excluding hydrogens is 261 g/mol. The maximum atomic E-state index is 12.7. The smallest absolute Gasteiger partial charge is 0.188 e. The Morgan fingerprint density at radius 3 is 2.75 bits per heavy atom. The summed E-state index contributed by atoms with van der Waals surface area (Å²) in [6.07, 6.45) is 0.735. The second kappa shape index (κ2) is 9.14. The number of rotatable bonds is 8. The van der Waals surface area contributed by atoms with E-state index < -0.39 is 0 Å². The molecule has 0 fully saturated rings. The lowest BCUT2D eigenvalue weighted by Gasteiger charge is -2.13. The number of nitrogens with zero attached hydrogens (tertiary/aromatic N) is 1. The summed E-state index contributed by atoms with van der Waals surface area (Å²) in [7, 11) is 1.64. The zero-order chi connectivity index (χ0) is 14.8. The number of guanidine groups is 1. The minimum atomic E-state index is -0.272. The van der Waals surface area contributed by atoms with Crippen molar-refractivity contribution in [1.29, 1.82) is 0 Å². The Morgan fingerprint density at radius 1 is 1.40 bits per heavy atom. The van der Waals surface area contributed by atoms with Crippen molar-refractivity contribution in [2.75, 3.05) is 26.9 Å². The molecule has 20 heavy (non-hydrogen) atoms. The van der Waals surface area contributed by atoms with Crippen LogP contribution in [0.4, 0.5) is 4.39 Å². The molecule has 0 aromatic heterocycles. The summed E-state index contributed by atoms with van der Waals surface area (Å²) in [4.78, 5) is 4.18. The summed E-state index contributed by atoms with van der Waals surface area (Å²) in [6, 6.07) is 6.06. The van der Waals surface area contributed by atoms with Crippen LogP contribution in [0.2, 0.25) is 0 Å². The molecule has 0 saturated carbocycles. The van der Waals surface area contributed by atoms with Gasteiger partial charge in [-0.25, -0.2) is 4.39 Å². The SMILES string of the molecule is COCC(C)NC(N)=NCCCOc1ccc(F)cc1. The summed E-state index contributed by atoms with van der Waals surface area (Å²) < 4.78 is 23.1. The minimum absolute atomic E-state index is 0.124. The monoisotopic (exact) mass is 283 g/mol. The fourth-order valence-corrected chi connectivity index (χ4v) is 1.57. The number of benzene rings is 1. The van der Waals surface area contributed by atoms with Crippen molar-refractivity contribution in [3.63, 3.8) is 0 Å². The van der Waals surface area contributed by atoms with Crippen molar-refractivity contribution in [1.82, 2.24) is 5.32 Å². The van der Waals surface area contributed by atoms with E-state index in [1.165, 1.54) is 12.1 Å². The van der Waals surface area contributed by atoms with Crippen LogP contribution in [0, 0.1) is 5.82 Å². The standard InChI is InChI=1S/C14H22FN3O2/c1-11(10-19-2)18-14(16)17-8-3-9-20-13-6-4-12(15)5-7-13/h4-7,11H,3,8-10H2,1-2H3,(H3,16,17,18). The fraction of sp³-hybridized carbons (Fsp3) is 0.500. The van der Waals surface area contributed by atoms with Gasteiger partial charge in [-0.15, -0.1) is 0 Å². The van der Waals surface area contributed by atoms with Gasteiger partial charge in [0.05, 0.1) is 13.2 Å². The Kier molecular flexibility index (Phi) is 7.42. The third-order valence-corrected chi connectivity index (χ3v) is 2.48. The van der Waals surface area contributed by atoms with E-state index in [4.69, 9.17) is 15.2 Å². The lowest BCUT2D eigenvalue weighted by atomic mass is 10.3. The molecule has 0 bridgehead atoms. The Hall–Kier alpha value is -1.82. The van der Waals surface area contributed by atoms with Crippen molar-refractivity contribution in [3.8, 4) is 5.75 Å². The van der Waals surface area contributed by atoms with E-state index in [-0.39, 0.29) is 11.9 Å². The quantitative estimate of drug-likeness (QED) is 0.431. The Balaban J connectivity index is 2.16. The third-order valence-electron chi connectivity index (χ3n) is 2.48. The van der Waals surface area contributed by atoms with Gasteiger partial charge in [0.1, 0.15) is 11.6 Å². The normalized spacial score (nSPS) is 13.1. The second-order valence-corrected chi connectivity index (χ2v) is 4.42. The predicted molar refractivity (Wildman–Crippen MR) is 77.5 cm³/mol. The van der Waals surface area contributed by atoms with Crippen LogP contribution >= 0.6 is 0 Å². The number of nitrogens with two attached hydrogens (primary N) is 1. The third kappa shape index (κ3) is 6.94. The first-order valence-corrected chi connectivity index (χ1v) is 6.55. The average Bonchev–Trinajstić information content (AvgIpc) is 2.40. The molecule has 0 aliphatic heterocycles. The molecule has 0 heterocycles. The highest BCUT2D eigenvalue weighted by Gasteiger charge is 2.01. The van der Waals surface area contributed by atoms with Crippen LogP contribution in [0.5, 0.6) is 5.75 Å². The number of halogens is 1. The summed E-state index contributed by atoms with van der Waals surface area (Å²) in [6.45, 7) is 3.61. The van der Waals surface area contributed by atoms with E-state index in [0.29, 0.717) is 31.5 Å². The summed E-state index contributed by atoms with van der Waals surface area (Å²) in [5.41, 5.74) is 5.72. The van der Waals surface area contributed by atoms with Crippen LogP contribution < -0.4 is 15.8 Å². The Labute approximate surface area is 119 Å². The number of hydrogen-bond acceptors (Lipinski definition) is 3. The first kappa shape index (κ1) is 16.2. The molecule has 3 N–H and O–H groups in total. The highest BCUT2D eigenvalue weighted by molar-refractivity contribution is 5.78. The van der Waals surface area contributed by atoms with E-state index in [1.807, 2.05) is 6.92 Å². The van der Waals surface area contributed by atoms with Crippen LogP contribution in [0.15, 0.2) is 29.3 Å². The van der Waals surface area contributed by atoms with E-state index in [9.17, 15) is 4.39 Å². The number of hydrogen-bond donors (Lipinski definition) is 2. The zero-order valence-electron chi connectivity index (χ0n) is 11.9. The first-order chi connectivity index (χ1) is 9.61. The molecule has 0 spiro atoms. The van der Waals surface area contributed by atoms with Gasteiger partial charge in [0.2, 0.25) is 0 Å². The van der Waals surface area contributed by atoms with Gasteiger partial charge >= 0.3 is 0 Å². The van der Waals surface area contributed by atoms with Crippen LogP contribution in [-0.2, 0) is 4.74 Å². The Bertz CT molecular complexity index is 409. The first-order valence-electron chi connectivity index (χ1n) is 6.55. The number of methoxy groups -OCH3 is 1. The number of aliphatic imine (C=N–C) groups is 1. The molecule has 1 aromatic carbocycles. The predicted octanol–water partition coefficient (Wildman–Crippen LogP) is 1.53. The fourth-order valence-electron chi connectivity index (χ4n) is 1.57. The van der Waals surface area contributed by atoms with Gasteiger partial charge in [-0.05, 0) is 31.2 Å². The number of nitrogens with one attached hydrogen (secondary N) is 1. The summed E-state index contributed by atoms with van der Waals surface area (Å²) >= 11 is 0. The molecule has 0 aliphatic rings. The van der Waals surface area contributed by atoms with Crippen molar-refractivity contribution < 1.29 is 13.9 Å². The van der Waals surface area contributed by atoms with Gasteiger partial charge in [-0.2, -0.15) is 0 Å². The van der Waals surface area contributed by atoms with E-state index in [0.717, 1.165) is 6.42 Å². The van der Waals surface area contributed by atoms with Crippen molar-refractivity contribution in [2.45, 2.75) is 19.4 Å². The second-order valence-electron chi connectivity index (χ2n) is 4.42. The van der Waals surface area contributed by atoms with Gasteiger partial charge < -0.3 is 20.5 Å². The maximum absolute atomic E-state index is 12.7. The van der Waals surface area contributed by atoms with Crippen molar-refractivity contribution in [3.05, 3.63) is 30.1 Å². The molecule has 1 unspecified atom stereocenters. The lowest BCUT2D eigenvalue weighted by molar-refractivity contribution is 0.179. The lowest BCUT2D eigenvalue weighted by Crippen LogP contribution is -2.40. The molecular formula is C14H22FN3O2. The van der Waals surface area contributed by atoms with E-state index in [1.54, 1.807) is 19.2 Å². The molecule has 0 radical (unpaired) electrons. The van der Waals surface area contributed by atoms with Crippen molar-refractivity contribution in [2.24, 2.45) is 10.7 Å². The van der Waals surface area contributed by atoms with Crippen molar-refractivity contribution >= 4 is 5.96 Å². The van der Waals surface area contributed by atoms with Gasteiger partial charge in [0.15, 0.2) is 5.96 Å². The summed E-state index contributed by atoms with van der Waals surface area (Å²) in [5.74, 6) is 0.775. The van der Waals surface area contributed by atoms with Gasteiger partial charge in [-0.3, -0.25) is 4.99 Å². The topological polar surface area (TPSA) is 68.9 Å². The molecule has 1 aromatic rings. The van der Waals surface area contributed by atoms with Crippen LogP contribution in [0.25, 0.3) is 0 Å². The molecule has 6 heteroatoms. The summed E-state index contributed by atoms with van der Waals surface area (Å²) in [5, 5.41) is 3.02. The molecule has 0 amide bonds. The minimum Gasteiger partial charge on any atom is -0.494 e. The molecule has 1 atom stereocenters. The largest absolute Gasteiger partial charge is 0.494 e. The average molecular weight is 283 g/mol. The molecule has 1 rings (SSSR count). The van der Waals surface area contributed by atoms with Gasteiger partial charge in [-0.1, -0.05) is 0 Å². The Morgan fingerprint density at radius 2 is 2.10 bits per heavy atom. The van der Waals surface area contributed by atoms with Crippen LogP contribution in [0.1, 0.15) is 13.3 Å². The van der Waals surface area contributed by atoms with E-state index >= 15 is 0 Å². The van der Waals surface area contributed by atoms with Crippen LogP contribution in [0.3, 0.4) is 0 Å². The van der Waals surface area contributed by atoms with Crippen LogP contribution in [-0.4, -0.2) is 38.9 Å². The van der Waals surface area contributed by atoms with E-state index in [2.05, 4.69) is 10.3 Å². The highest BCUT2D eigenvalue weighted by Crippen LogP contribution is 2.10. The highest BCUT2D eigenvalue weighted by atomic mass is 19.1. The van der Waals surface area contributed by atoms with Gasteiger partial charge in [0, 0.05) is 26.1 Å². The molecule has 0 saturated heterocycles. The molecule has 5 nitrogen and oxygen atoms in total. The zero-order valence-corrected chi connectivity index (χ0v) is 11.9. The maximum Gasteiger partial charge on any atom is 0.188 e.